The van der Waals surface area contributed by atoms with E-state index in [1.54, 1.807) is 6.08 Å². The van der Waals surface area contributed by atoms with Gasteiger partial charge in [0.15, 0.2) is 6.21 Å². The van der Waals surface area contributed by atoms with Gasteiger partial charge in [0.1, 0.15) is 0 Å². The summed E-state index contributed by atoms with van der Waals surface area (Å²) < 4.78 is 0.704. The van der Waals surface area contributed by atoms with Crippen LogP contribution < -0.4 is 0 Å². The standard InChI is InChI=1S/C5H5NOS/c7-6-4-2-1-3-5(6)8/h1-2,4H,3H2. The summed E-state index contributed by atoms with van der Waals surface area (Å²) in [5.41, 5.74) is 0. The van der Waals surface area contributed by atoms with Gasteiger partial charge < -0.3 is 5.21 Å². The minimum Gasteiger partial charge on any atom is -0.618 e. The molecule has 0 fully saturated rings. The van der Waals surface area contributed by atoms with Crippen molar-refractivity contribution in [2.75, 3.05) is 0 Å². The van der Waals surface area contributed by atoms with Gasteiger partial charge in [0.2, 0.25) is 0 Å². The van der Waals surface area contributed by atoms with Crippen molar-refractivity contribution in [3.8, 4) is 0 Å². The van der Waals surface area contributed by atoms with Gasteiger partial charge in [-0.3, -0.25) is 0 Å². The average Bonchev–Trinajstić information content (AvgIpc) is 1.77. The van der Waals surface area contributed by atoms with Crippen LogP contribution in [-0.4, -0.2) is 15.9 Å². The molecule has 1 heterocycles. The molecule has 0 N–H and O–H groups in total. The van der Waals surface area contributed by atoms with Crippen molar-refractivity contribution >= 4 is 23.4 Å². The third-order valence-corrected chi connectivity index (χ3v) is 1.24. The lowest BCUT2D eigenvalue weighted by Crippen LogP contribution is -2.14. The summed E-state index contributed by atoms with van der Waals surface area (Å²) in [5.74, 6) is 0. The monoisotopic (exact) mass is 127 g/mol. The van der Waals surface area contributed by atoms with E-state index in [4.69, 9.17) is 0 Å². The highest BCUT2D eigenvalue weighted by Gasteiger charge is 2.03. The predicted octanol–water partition coefficient (Wildman–Crippen LogP) is 0.855. The third-order valence-electron chi connectivity index (χ3n) is 0.896. The van der Waals surface area contributed by atoms with Crippen molar-refractivity contribution < 1.29 is 4.74 Å². The Morgan fingerprint density at radius 3 is 2.88 bits per heavy atom. The van der Waals surface area contributed by atoms with Crippen molar-refractivity contribution in [2.24, 2.45) is 0 Å². The van der Waals surface area contributed by atoms with E-state index in [2.05, 4.69) is 12.2 Å². The van der Waals surface area contributed by atoms with E-state index in [0.717, 1.165) is 0 Å². The van der Waals surface area contributed by atoms with Gasteiger partial charge in [0, 0.05) is 0 Å². The number of hydrogen-bond acceptors (Lipinski definition) is 2. The van der Waals surface area contributed by atoms with Gasteiger partial charge in [-0.05, 0) is 18.3 Å². The van der Waals surface area contributed by atoms with Gasteiger partial charge in [-0.2, -0.15) is 4.74 Å². The molecule has 0 atom stereocenters. The van der Waals surface area contributed by atoms with Crippen LogP contribution in [0.25, 0.3) is 0 Å². The Kier molecular flexibility index (Phi) is 1.39. The van der Waals surface area contributed by atoms with E-state index in [9.17, 15) is 5.21 Å². The molecule has 1 rings (SSSR count). The van der Waals surface area contributed by atoms with E-state index >= 15 is 0 Å². The molecule has 1 aliphatic heterocycles. The fourth-order valence-electron chi connectivity index (χ4n) is 0.481. The number of allylic oxidation sites excluding steroid dienone is 1. The fraction of sp³-hybridized carbons (Fsp3) is 0.200. The molecule has 0 amide bonds. The van der Waals surface area contributed by atoms with E-state index < -0.39 is 0 Å². The Bertz CT molecular complexity index is 171. The molecule has 0 aliphatic carbocycles. The maximum Gasteiger partial charge on any atom is 0.262 e. The number of rotatable bonds is 0. The largest absolute Gasteiger partial charge is 0.618 e. The summed E-state index contributed by atoms with van der Waals surface area (Å²) in [5, 5.41) is 10.5. The Labute approximate surface area is 52.7 Å². The second kappa shape index (κ2) is 2.05. The topological polar surface area (TPSA) is 26.1 Å². The molecule has 0 bridgehead atoms. The lowest BCUT2D eigenvalue weighted by molar-refractivity contribution is -0.316. The minimum atomic E-state index is 0.438. The lowest BCUT2D eigenvalue weighted by atomic mass is 10.3. The van der Waals surface area contributed by atoms with Crippen molar-refractivity contribution in [3.63, 3.8) is 0 Å². The number of hydrogen-bond donors (Lipinski definition) is 0. The van der Waals surface area contributed by atoms with Crippen molar-refractivity contribution in [1.82, 2.24) is 0 Å². The molecule has 0 radical (unpaired) electrons. The van der Waals surface area contributed by atoms with E-state index in [-0.39, 0.29) is 0 Å². The van der Waals surface area contributed by atoms with Gasteiger partial charge >= 0.3 is 0 Å². The highest BCUT2D eigenvalue weighted by Crippen LogP contribution is 1.93. The molecule has 0 saturated carbocycles. The van der Waals surface area contributed by atoms with Crippen molar-refractivity contribution in [3.05, 3.63) is 17.4 Å². The van der Waals surface area contributed by atoms with E-state index in [1.165, 1.54) is 6.21 Å². The SMILES string of the molecule is [O-][N+]1=CC=CCC1=S. The number of nitrogens with zero attached hydrogens (tertiary/aromatic N) is 1. The summed E-state index contributed by atoms with van der Waals surface area (Å²) in [4.78, 5) is 0.438. The molecule has 0 aromatic rings. The van der Waals surface area contributed by atoms with Crippen LogP contribution in [0.15, 0.2) is 12.2 Å². The molecule has 0 spiro atoms. The maximum atomic E-state index is 10.5. The quantitative estimate of drug-likeness (QED) is 0.274. The predicted molar refractivity (Wildman–Crippen MR) is 36.0 cm³/mol. The Morgan fingerprint density at radius 1 is 1.75 bits per heavy atom. The normalized spacial score (nSPS) is 18.5. The summed E-state index contributed by atoms with van der Waals surface area (Å²) in [6, 6.07) is 0. The van der Waals surface area contributed by atoms with Crippen LogP contribution in [0, 0.1) is 5.21 Å². The maximum absolute atomic E-state index is 10.5. The average molecular weight is 127 g/mol. The lowest BCUT2D eigenvalue weighted by Gasteiger charge is -2.02. The Hall–Kier alpha value is -0.700. The van der Waals surface area contributed by atoms with Crippen molar-refractivity contribution in [2.45, 2.75) is 6.42 Å². The first-order valence-corrected chi connectivity index (χ1v) is 2.71. The second-order valence-corrected chi connectivity index (χ2v) is 1.97. The van der Waals surface area contributed by atoms with Gasteiger partial charge in [0.25, 0.3) is 4.99 Å². The Balaban J connectivity index is 2.80. The smallest absolute Gasteiger partial charge is 0.262 e. The van der Waals surface area contributed by atoms with Gasteiger partial charge in [-0.1, -0.05) is 6.08 Å². The van der Waals surface area contributed by atoms with Crippen LogP contribution in [0.1, 0.15) is 6.42 Å². The molecular formula is C5H5NOS. The van der Waals surface area contributed by atoms with Crippen LogP contribution in [0.2, 0.25) is 0 Å². The second-order valence-electron chi connectivity index (χ2n) is 1.50. The summed E-state index contributed by atoms with van der Waals surface area (Å²) in [6.45, 7) is 0. The molecule has 2 nitrogen and oxygen atoms in total. The first kappa shape index (κ1) is 5.44. The molecule has 42 valence electrons. The molecule has 0 aromatic heterocycles. The van der Waals surface area contributed by atoms with Gasteiger partial charge in [0.05, 0.1) is 6.42 Å². The molecule has 1 aliphatic rings. The zero-order chi connectivity index (χ0) is 5.98. The molecule has 0 aromatic carbocycles. The Morgan fingerprint density at radius 2 is 2.50 bits per heavy atom. The zero-order valence-corrected chi connectivity index (χ0v) is 5.02. The highest BCUT2D eigenvalue weighted by atomic mass is 32.1. The number of hydroxylamine groups is 1. The third kappa shape index (κ3) is 0.924. The number of thiocarbonyl (C=S) groups is 1. The van der Waals surface area contributed by atoms with Crippen LogP contribution in [0.5, 0.6) is 0 Å². The molecule has 0 saturated heterocycles. The minimum absolute atomic E-state index is 0.438. The fourth-order valence-corrected chi connectivity index (χ4v) is 0.638. The van der Waals surface area contributed by atoms with Crippen LogP contribution in [0.4, 0.5) is 0 Å². The first-order valence-electron chi connectivity index (χ1n) is 2.30. The van der Waals surface area contributed by atoms with E-state index in [1.807, 2.05) is 6.08 Å². The van der Waals surface area contributed by atoms with Crippen molar-refractivity contribution in [1.29, 1.82) is 0 Å². The molecular weight excluding hydrogens is 122 g/mol. The first-order chi connectivity index (χ1) is 3.80. The van der Waals surface area contributed by atoms with Gasteiger partial charge in [-0.25, -0.2) is 0 Å². The zero-order valence-electron chi connectivity index (χ0n) is 4.20. The van der Waals surface area contributed by atoms with Crippen LogP contribution >= 0.6 is 12.2 Å². The van der Waals surface area contributed by atoms with E-state index in [0.29, 0.717) is 16.1 Å². The molecule has 3 heteroatoms. The summed E-state index contributed by atoms with van der Waals surface area (Å²) in [7, 11) is 0. The van der Waals surface area contributed by atoms with Crippen LogP contribution in [0.3, 0.4) is 0 Å². The summed E-state index contributed by atoms with van der Waals surface area (Å²) >= 11 is 4.66. The highest BCUT2D eigenvalue weighted by molar-refractivity contribution is 7.80. The van der Waals surface area contributed by atoms with Gasteiger partial charge in [-0.15, -0.1) is 0 Å². The molecule has 8 heavy (non-hydrogen) atoms. The molecule has 0 unspecified atom stereocenters. The summed E-state index contributed by atoms with van der Waals surface area (Å²) in [6.07, 6.45) is 5.57. The van der Waals surface area contributed by atoms with Crippen LogP contribution in [-0.2, 0) is 0 Å².